The van der Waals surface area contributed by atoms with Gasteiger partial charge in [0.15, 0.2) is 0 Å². The highest BCUT2D eigenvalue weighted by atomic mass is 14.7. The summed E-state index contributed by atoms with van der Waals surface area (Å²) in [7, 11) is 0. The summed E-state index contributed by atoms with van der Waals surface area (Å²) in [5.41, 5.74) is 1.77. The number of aromatic nitrogens is 2. The van der Waals surface area contributed by atoms with Gasteiger partial charge in [0.1, 0.15) is 0 Å². The number of nitrogens with zero attached hydrogens (tertiary/aromatic N) is 3. The Bertz CT molecular complexity index is 494. The SMILES string of the molecule is CC.CC(C#N)c1cncc2cccnc12. The van der Waals surface area contributed by atoms with E-state index in [9.17, 15) is 0 Å². The number of pyridine rings is 2. The van der Waals surface area contributed by atoms with Crippen LogP contribution >= 0.6 is 0 Å². The normalized spacial score (nSPS) is 11.1. The van der Waals surface area contributed by atoms with Crippen LogP contribution in [0, 0.1) is 11.3 Å². The van der Waals surface area contributed by atoms with E-state index in [0.717, 1.165) is 16.5 Å². The average molecular weight is 213 g/mol. The minimum absolute atomic E-state index is 0.166. The summed E-state index contributed by atoms with van der Waals surface area (Å²) in [6.07, 6.45) is 5.20. The fraction of sp³-hybridized carbons (Fsp3) is 0.308. The summed E-state index contributed by atoms with van der Waals surface area (Å²) >= 11 is 0. The lowest BCUT2D eigenvalue weighted by Crippen LogP contribution is -1.94. The summed E-state index contributed by atoms with van der Waals surface area (Å²) in [5, 5.41) is 9.82. The third-order valence-electron chi connectivity index (χ3n) is 2.20. The molecule has 0 spiro atoms. The van der Waals surface area contributed by atoms with Gasteiger partial charge in [0.25, 0.3) is 0 Å². The first-order chi connectivity index (χ1) is 7.83. The first kappa shape index (κ1) is 12.1. The molecule has 0 saturated heterocycles. The lowest BCUT2D eigenvalue weighted by atomic mass is 10.0. The van der Waals surface area contributed by atoms with E-state index >= 15 is 0 Å². The van der Waals surface area contributed by atoms with Gasteiger partial charge in [-0.15, -0.1) is 0 Å². The van der Waals surface area contributed by atoms with Crippen LogP contribution in [0.2, 0.25) is 0 Å². The average Bonchev–Trinajstić information content (AvgIpc) is 2.39. The second kappa shape index (κ2) is 5.82. The Kier molecular flexibility index (Phi) is 4.41. The quantitative estimate of drug-likeness (QED) is 0.730. The van der Waals surface area contributed by atoms with E-state index in [1.54, 1.807) is 18.6 Å². The summed E-state index contributed by atoms with van der Waals surface area (Å²) in [4.78, 5) is 8.35. The van der Waals surface area contributed by atoms with Crippen molar-refractivity contribution in [1.82, 2.24) is 9.97 Å². The van der Waals surface area contributed by atoms with Crippen molar-refractivity contribution in [3.05, 3.63) is 36.3 Å². The first-order valence-corrected chi connectivity index (χ1v) is 5.41. The lowest BCUT2D eigenvalue weighted by molar-refractivity contribution is 0.975. The molecule has 0 aliphatic carbocycles. The molecule has 0 radical (unpaired) electrons. The highest BCUT2D eigenvalue weighted by molar-refractivity contribution is 5.81. The predicted octanol–water partition coefficient (Wildman–Crippen LogP) is 3.28. The van der Waals surface area contributed by atoms with Crippen molar-refractivity contribution in [3.8, 4) is 6.07 Å². The molecule has 1 unspecified atom stereocenters. The molecule has 2 heterocycles. The summed E-state index contributed by atoms with van der Waals surface area (Å²) < 4.78 is 0. The van der Waals surface area contributed by atoms with Crippen LogP contribution in [-0.4, -0.2) is 9.97 Å². The Morgan fingerprint density at radius 2 is 2.06 bits per heavy atom. The topological polar surface area (TPSA) is 49.6 Å². The van der Waals surface area contributed by atoms with Gasteiger partial charge in [-0.2, -0.15) is 5.26 Å². The molecule has 0 aliphatic heterocycles. The molecular weight excluding hydrogens is 198 g/mol. The number of fused-ring (bicyclic) bond motifs is 1. The van der Waals surface area contributed by atoms with Crippen LogP contribution in [0.3, 0.4) is 0 Å². The Balaban J connectivity index is 0.000000606. The van der Waals surface area contributed by atoms with Crippen molar-refractivity contribution in [2.24, 2.45) is 0 Å². The standard InChI is InChI=1S/C11H9N3.C2H6/c1-8(5-12)10-7-13-6-9-3-2-4-14-11(9)10;1-2/h2-4,6-8H,1H3;1-2H3. The Labute approximate surface area is 95.8 Å². The summed E-state index contributed by atoms with van der Waals surface area (Å²) in [6.45, 7) is 5.85. The minimum Gasteiger partial charge on any atom is -0.264 e. The minimum atomic E-state index is -0.166. The molecule has 0 aromatic carbocycles. The van der Waals surface area contributed by atoms with Crippen molar-refractivity contribution in [2.75, 3.05) is 0 Å². The second-order valence-corrected chi connectivity index (χ2v) is 3.15. The van der Waals surface area contributed by atoms with Crippen LogP contribution in [0.5, 0.6) is 0 Å². The van der Waals surface area contributed by atoms with E-state index in [2.05, 4.69) is 16.0 Å². The largest absolute Gasteiger partial charge is 0.264 e. The Hall–Kier alpha value is -1.95. The summed E-state index contributed by atoms with van der Waals surface area (Å²) in [5.74, 6) is -0.166. The van der Waals surface area contributed by atoms with E-state index in [4.69, 9.17) is 5.26 Å². The highest BCUT2D eigenvalue weighted by Gasteiger charge is 2.09. The van der Waals surface area contributed by atoms with Gasteiger partial charge in [-0.05, 0) is 19.1 Å². The van der Waals surface area contributed by atoms with Gasteiger partial charge in [0, 0.05) is 29.5 Å². The van der Waals surface area contributed by atoms with Gasteiger partial charge in [-0.1, -0.05) is 13.8 Å². The molecule has 0 N–H and O–H groups in total. The maximum Gasteiger partial charge on any atom is 0.0778 e. The van der Waals surface area contributed by atoms with Crippen molar-refractivity contribution >= 4 is 10.9 Å². The molecule has 0 bridgehead atoms. The van der Waals surface area contributed by atoms with Crippen LogP contribution in [0.15, 0.2) is 30.7 Å². The second-order valence-electron chi connectivity index (χ2n) is 3.15. The Morgan fingerprint density at radius 1 is 1.31 bits per heavy atom. The van der Waals surface area contributed by atoms with Gasteiger partial charge in [0.05, 0.1) is 17.5 Å². The zero-order valence-corrected chi connectivity index (χ0v) is 9.81. The van der Waals surface area contributed by atoms with Crippen molar-refractivity contribution in [2.45, 2.75) is 26.7 Å². The zero-order chi connectivity index (χ0) is 12.0. The molecule has 3 nitrogen and oxygen atoms in total. The van der Waals surface area contributed by atoms with Crippen molar-refractivity contribution in [1.29, 1.82) is 5.26 Å². The molecule has 16 heavy (non-hydrogen) atoms. The zero-order valence-electron chi connectivity index (χ0n) is 9.81. The summed E-state index contributed by atoms with van der Waals surface area (Å²) in [6, 6.07) is 6.01. The third kappa shape index (κ3) is 2.34. The van der Waals surface area contributed by atoms with Gasteiger partial charge in [-0.25, -0.2) is 0 Å². The third-order valence-corrected chi connectivity index (χ3v) is 2.20. The van der Waals surface area contributed by atoms with Crippen LogP contribution in [0.1, 0.15) is 32.3 Å². The van der Waals surface area contributed by atoms with E-state index in [-0.39, 0.29) is 5.92 Å². The van der Waals surface area contributed by atoms with E-state index in [1.807, 2.05) is 32.9 Å². The maximum absolute atomic E-state index is 8.84. The molecule has 0 aliphatic rings. The fourth-order valence-corrected chi connectivity index (χ4v) is 1.41. The molecular formula is C13H15N3. The highest BCUT2D eigenvalue weighted by Crippen LogP contribution is 2.21. The van der Waals surface area contributed by atoms with Crippen molar-refractivity contribution < 1.29 is 0 Å². The van der Waals surface area contributed by atoms with E-state index < -0.39 is 0 Å². The molecule has 1 atom stereocenters. The molecule has 2 aromatic rings. The van der Waals surface area contributed by atoms with Gasteiger partial charge < -0.3 is 0 Å². The molecule has 82 valence electrons. The van der Waals surface area contributed by atoms with Crippen LogP contribution in [0.25, 0.3) is 10.9 Å². The smallest absolute Gasteiger partial charge is 0.0778 e. The van der Waals surface area contributed by atoms with Gasteiger partial charge in [-0.3, -0.25) is 9.97 Å². The van der Waals surface area contributed by atoms with E-state index in [1.165, 1.54) is 0 Å². The maximum atomic E-state index is 8.84. The van der Waals surface area contributed by atoms with Crippen LogP contribution < -0.4 is 0 Å². The Morgan fingerprint density at radius 3 is 2.75 bits per heavy atom. The molecule has 0 fully saturated rings. The molecule has 2 rings (SSSR count). The lowest BCUT2D eigenvalue weighted by Gasteiger charge is -2.05. The first-order valence-electron chi connectivity index (χ1n) is 5.41. The van der Waals surface area contributed by atoms with Crippen molar-refractivity contribution in [3.63, 3.8) is 0 Å². The number of nitriles is 1. The van der Waals surface area contributed by atoms with Gasteiger partial charge in [0.2, 0.25) is 0 Å². The van der Waals surface area contributed by atoms with Crippen LogP contribution in [-0.2, 0) is 0 Å². The number of hydrogen-bond acceptors (Lipinski definition) is 3. The van der Waals surface area contributed by atoms with Crippen LogP contribution in [0.4, 0.5) is 0 Å². The fourth-order valence-electron chi connectivity index (χ4n) is 1.41. The van der Waals surface area contributed by atoms with E-state index in [0.29, 0.717) is 0 Å². The molecule has 0 amide bonds. The van der Waals surface area contributed by atoms with Gasteiger partial charge >= 0.3 is 0 Å². The number of rotatable bonds is 1. The number of hydrogen-bond donors (Lipinski definition) is 0. The molecule has 2 aromatic heterocycles. The monoisotopic (exact) mass is 213 g/mol. The molecule has 3 heteroatoms. The predicted molar refractivity (Wildman–Crippen MR) is 64.9 cm³/mol. The molecule has 0 saturated carbocycles.